The minimum Gasteiger partial charge on any atom is -0.504 e. The van der Waals surface area contributed by atoms with E-state index < -0.39 is 187 Å². The zero-order chi connectivity index (χ0) is 51.1. The van der Waals surface area contributed by atoms with Crippen molar-refractivity contribution in [1.29, 1.82) is 0 Å². The van der Waals surface area contributed by atoms with Crippen molar-refractivity contribution in [3.05, 3.63) is 76.7 Å². The van der Waals surface area contributed by atoms with Crippen LogP contribution in [0.1, 0.15) is 66.8 Å². The van der Waals surface area contributed by atoms with Crippen LogP contribution in [0.3, 0.4) is 0 Å². The van der Waals surface area contributed by atoms with Crippen molar-refractivity contribution in [1.82, 2.24) is 0 Å². The van der Waals surface area contributed by atoms with E-state index in [2.05, 4.69) is 0 Å². The molecule has 4 aromatic carbocycles. The van der Waals surface area contributed by atoms with E-state index in [-0.39, 0.29) is 0 Å². The van der Waals surface area contributed by atoms with Crippen LogP contribution < -0.4 is 0 Å². The van der Waals surface area contributed by atoms with Crippen molar-refractivity contribution >= 4 is 41.8 Å². The first kappa shape index (κ1) is 49.2. The number of carboxylic acid groups (broad SMARTS) is 1. The highest BCUT2D eigenvalue weighted by molar-refractivity contribution is 5.98. The summed E-state index contributed by atoms with van der Waals surface area (Å²) in [6, 6.07) is 3.78. The molecule has 1 saturated heterocycles. The second-order valence-electron chi connectivity index (χ2n) is 14.9. The van der Waals surface area contributed by atoms with Gasteiger partial charge in [0.25, 0.3) is 5.79 Å². The summed E-state index contributed by atoms with van der Waals surface area (Å²) in [5.41, 5.74) is -4.42. The highest BCUT2D eigenvalue weighted by Gasteiger charge is 2.59. The van der Waals surface area contributed by atoms with Gasteiger partial charge < -0.3 is 94.8 Å². The lowest BCUT2D eigenvalue weighted by molar-refractivity contribution is -0.365. The smallest absolute Gasteiger partial charge is 0.345 e. The third-order valence-corrected chi connectivity index (χ3v) is 10.3. The molecule has 0 bridgehead atoms. The van der Waals surface area contributed by atoms with Crippen LogP contribution in [-0.4, -0.2) is 139 Å². The van der Waals surface area contributed by atoms with Crippen molar-refractivity contribution in [3.8, 4) is 69.0 Å². The molecule has 1 fully saturated rings. The van der Waals surface area contributed by atoms with Crippen LogP contribution in [0.2, 0.25) is 0 Å². The maximum Gasteiger partial charge on any atom is 0.345 e. The molecule has 69 heavy (non-hydrogen) atoms. The molecule has 2 heterocycles. The topological polar surface area (TPSA) is 447 Å². The van der Waals surface area contributed by atoms with Gasteiger partial charge in [-0.3, -0.25) is 14.3 Å². The Hall–Kier alpha value is -9.27. The highest BCUT2D eigenvalue weighted by Crippen LogP contribution is 2.50. The number of benzene rings is 4. The average molecular weight is 972 g/mol. The third-order valence-electron chi connectivity index (χ3n) is 10.3. The van der Waals surface area contributed by atoms with Crippen molar-refractivity contribution < 1.29 is 133 Å². The number of hydrogen-bond donors (Lipinski definition) is 13. The van der Waals surface area contributed by atoms with E-state index in [1.54, 1.807) is 0 Å². The standard InChI is InChI=1S/C42H35O27/c1-12(11-63-36(58)14-3-19(43)29(51)20(44)4-14)42(69-38(60)16-7-23(47)31(53)24(48)8-16,68-13(2)64-37(59)15-5-21(45)30(52)22(46)6-15)41-66-39(61)17-9-25(49)32(54)33(55)27(17)28-18(40(62)67-41)10-26(50)65-34(28)35(56)57/h3-10,12-13,18,28,34,41,43-49,51-55H,11H2,1-2H3,(H,56,57). The van der Waals surface area contributed by atoms with Crippen molar-refractivity contribution in [2.24, 2.45) is 11.8 Å². The summed E-state index contributed by atoms with van der Waals surface area (Å²) in [6.07, 6.45) is -7.46. The summed E-state index contributed by atoms with van der Waals surface area (Å²) in [5, 5.41) is 133. The van der Waals surface area contributed by atoms with E-state index in [1.807, 2.05) is 0 Å². The number of carbonyl (C=O) groups is 7. The maximum atomic E-state index is 14.5. The predicted molar refractivity (Wildman–Crippen MR) is 213 cm³/mol. The second kappa shape index (κ2) is 18.5. The number of phenols is 12. The van der Waals surface area contributed by atoms with Crippen LogP contribution >= 0.6 is 0 Å². The van der Waals surface area contributed by atoms with E-state index in [4.69, 9.17) is 33.2 Å². The van der Waals surface area contributed by atoms with Gasteiger partial charge in [-0.15, -0.1) is 0 Å². The van der Waals surface area contributed by atoms with Gasteiger partial charge in [0.2, 0.25) is 18.1 Å². The number of rotatable bonds is 12. The summed E-state index contributed by atoms with van der Waals surface area (Å²) < 4.78 is 38.2. The summed E-state index contributed by atoms with van der Waals surface area (Å²) in [4.78, 5) is 95.2. The fourth-order valence-corrected chi connectivity index (χ4v) is 6.97. The monoisotopic (exact) mass is 971 g/mol. The molecule has 27 heteroatoms. The maximum absolute atomic E-state index is 14.5. The van der Waals surface area contributed by atoms with Gasteiger partial charge in [-0.25, -0.2) is 24.0 Å². The fraction of sp³-hybridized carbons (Fsp3) is 0.238. The molecule has 0 aromatic heterocycles. The van der Waals surface area contributed by atoms with Gasteiger partial charge in [0.1, 0.15) is 6.61 Å². The van der Waals surface area contributed by atoms with Crippen LogP contribution in [0.4, 0.5) is 0 Å². The van der Waals surface area contributed by atoms with Crippen LogP contribution in [0, 0.1) is 18.3 Å². The van der Waals surface area contributed by atoms with Gasteiger partial charge >= 0.3 is 48.1 Å². The Morgan fingerprint density at radius 1 is 0.609 bits per heavy atom. The Balaban J connectivity index is 1.57. The summed E-state index contributed by atoms with van der Waals surface area (Å²) >= 11 is 0. The number of cyclic esters (lactones) is 3. The molecular formula is C42H35O27. The largest absolute Gasteiger partial charge is 0.504 e. The number of carbonyl (C=O) groups excluding carboxylic acids is 6. The van der Waals surface area contributed by atoms with Gasteiger partial charge in [-0.2, -0.15) is 0 Å². The number of ether oxygens (including phenoxy) is 7. The number of aromatic hydroxyl groups is 12. The number of phenolic OH excluding ortho intramolecular Hbond substituents is 12. The molecule has 0 aliphatic carbocycles. The molecule has 13 N–H and O–H groups in total. The summed E-state index contributed by atoms with van der Waals surface area (Å²) in [6.45, 7) is 0.531. The molecule has 0 spiro atoms. The Labute approximate surface area is 382 Å². The Kier molecular flexibility index (Phi) is 13.2. The first-order chi connectivity index (χ1) is 32.3. The molecule has 6 rings (SSSR count). The molecule has 2 aliphatic rings. The van der Waals surface area contributed by atoms with E-state index in [9.17, 15) is 99.9 Å². The van der Waals surface area contributed by atoms with Crippen LogP contribution in [0.25, 0.3) is 0 Å². The molecule has 0 saturated carbocycles. The minimum atomic E-state index is -3.55. The lowest BCUT2D eigenvalue weighted by Crippen LogP contribution is -2.60. The van der Waals surface area contributed by atoms with E-state index in [0.717, 1.165) is 13.8 Å². The first-order valence-electron chi connectivity index (χ1n) is 19.3. The number of fused-ring (bicyclic) bond motifs is 3. The number of hydrogen-bond acceptors (Lipinski definition) is 26. The molecule has 1 radical (unpaired) electrons. The number of carboxylic acids is 1. The van der Waals surface area contributed by atoms with Crippen molar-refractivity contribution in [2.75, 3.05) is 6.61 Å². The van der Waals surface area contributed by atoms with E-state index in [0.29, 0.717) is 48.9 Å². The molecule has 0 amide bonds. The molecule has 27 nitrogen and oxygen atoms in total. The van der Waals surface area contributed by atoms with E-state index in [1.165, 1.54) is 0 Å². The highest BCUT2D eigenvalue weighted by atomic mass is 16.8. The van der Waals surface area contributed by atoms with Gasteiger partial charge in [0, 0.05) is 5.56 Å². The molecule has 2 aliphatic heterocycles. The quantitative estimate of drug-likeness (QED) is 0.0412. The SMILES string of the molecule is CC(OC(=O)c1cc(O)c(O)c(O)c1)OC(OC(=O)c1cc(O)c(O)c(O)c1)(C(C)COC(=O)c1cc(O)c(O)c(O)c1)C1OC(=O)c2cc(O)c(O)c(O)c2C2C([CH]C(=O)OC2C(=O)O)C(=O)O1. The van der Waals surface area contributed by atoms with Crippen LogP contribution in [-0.2, 0) is 47.5 Å². The van der Waals surface area contributed by atoms with Crippen molar-refractivity contribution in [2.45, 2.75) is 44.2 Å². The summed E-state index contributed by atoms with van der Waals surface area (Å²) in [5.74, 6) is -36.2. The predicted octanol–water partition coefficient (Wildman–Crippen LogP) is 1.37. The van der Waals surface area contributed by atoms with Crippen LogP contribution in [0.15, 0.2) is 42.5 Å². The average Bonchev–Trinajstić information content (AvgIpc) is 3.32. The number of esters is 6. The van der Waals surface area contributed by atoms with Crippen molar-refractivity contribution in [3.63, 3.8) is 0 Å². The van der Waals surface area contributed by atoms with Gasteiger partial charge in [-0.1, -0.05) is 6.92 Å². The van der Waals surface area contributed by atoms with E-state index >= 15 is 0 Å². The van der Waals surface area contributed by atoms with Gasteiger partial charge in [-0.05, 0) is 49.4 Å². The van der Waals surface area contributed by atoms with Gasteiger partial charge in [0.15, 0.2) is 63.2 Å². The molecule has 7 unspecified atom stereocenters. The molecule has 365 valence electrons. The summed E-state index contributed by atoms with van der Waals surface area (Å²) in [7, 11) is 0. The molecule has 7 atom stereocenters. The Morgan fingerprint density at radius 2 is 1.07 bits per heavy atom. The lowest BCUT2D eigenvalue weighted by Gasteiger charge is -2.42. The number of aliphatic carboxylic acids is 1. The first-order valence-corrected chi connectivity index (χ1v) is 19.3. The third kappa shape index (κ3) is 9.41. The minimum absolute atomic E-state index is 0.392. The van der Waals surface area contributed by atoms with Crippen LogP contribution in [0.5, 0.6) is 69.0 Å². The molecular weight excluding hydrogens is 936 g/mol. The normalized spacial score (nSPS) is 19.5. The second-order valence-corrected chi connectivity index (χ2v) is 14.9. The Bertz CT molecular complexity index is 2750. The zero-order valence-corrected chi connectivity index (χ0v) is 34.8. The Morgan fingerprint density at radius 3 is 1.57 bits per heavy atom. The zero-order valence-electron chi connectivity index (χ0n) is 34.8. The fourth-order valence-electron chi connectivity index (χ4n) is 6.97. The lowest BCUT2D eigenvalue weighted by atomic mass is 9.76. The molecule has 4 aromatic rings. The van der Waals surface area contributed by atoms with Gasteiger partial charge in [0.05, 0.1) is 46.4 Å².